The summed E-state index contributed by atoms with van der Waals surface area (Å²) in [6, 6.07) is 0. The van der Waals surface area contributed by atoms with Gasteiger partial charge >= 0.3 is 0 Å². The van der Waals surface area contributed by atoms with E-state index in [1.807, 2.05) is 11.9 Å². The molecule has 1 fully saturated rings. The van der Waals surface area contributed by atoms with E-state index in [0.29, 0.717) is 18.2 Å². The molecule has 0 aromatic rings. The third-order valence-electron chi connectivity index (χ3n) is 4.08. The average Bonchev–Trinajstić information content (AvgIpc) is 2.77. The topological polar surface area (TPSA) is 32.3 Å². The summed E-state index contributed by atoms with van der Waals surface area (Å²) in [7, 11) is 1.93. The molecule has 1 atom stereocenters. The molecule has 0 bridgehead atoms. The molecule has 0 saturated carbocycles. The predicted octanol–water partition coefficient (Wildman–Crippen LogP) is 2.02. The number of rotatable bonds is 5. The van der Waals surface area contributed by atoms with Crippen LogP contribution in [0.15, 0.2) is 0 Å². The number of carbonyl (C=O) groups excluding carboxylic acids is 1. The molecule has 3 heteroatoms. The molecule has 0 spiro atoms. The van der Waals surface area contributed by atoms with Crippen molar-refractivity contribution in [3.8, 4) is 0 Å². The van der Waals surface area contributed by atoms with E-state index < -0.39 is 0 Å². The van der Waals surface area contributed by atoms with Crippen molar-refractivity contribution in [3.63, 3.8) is 0 Å². The van der Waals surface area contributed by atoms with Crippen LogP contribution in [0.3, 0.4) is 0 Å². The Labute approximate surface area is 99.6 Å². The Hall–Kier alpha value is -0.570. The van der Waals surface area contributed by atoms with E-state index in [1.54, 1.807) is 0 Å². The Bertz CT molecular complexity index is 232. The SMILES string of the molecule is CCC(C)(C)N(C)C(=O)CCC1CCNC1. The van der Waals surface area contributed by atoms with E-state index in [1.165, 1.54) is 6.42 Å². The van der Waals surface area contributed by atoms with Crippen molar-refractivity contribution in [2.75, 3.05) is 20.1 Å². The van der Waals surface area contributed by atoms with Gasteiger partial charge < -0.3 is 10.2 Å². The molecule has 0 aliphatic carbocycles. The monoisotopic (exact) mass is 226 g/mol. The lowest BCUT2D eigenvalue weighted by molar-refractivity contribution is -0.135. The molecule has 1 saturated heterocycles. The van der Waals surface area contributed by atoms with Crippen molar-refractivity contribution < 1.29 is 4.79 Å². The van der Waals surface area contributed by atoms with Gasteiger partial charge in [-0.3, -0.25) is 4.79 Å². The molecule has 1 heterocycles. The van der Waals surface area contributed by atoms with Crippen molar-refractivity contribution in [1.29, 1.82) is 0 Å². The molecule has 3 nitrogen and oxygen atoms in total. The molecular weight excluding hydrogens is 200 g/mol. The Morgan fingerprint density at radius 2 is 2.19 bits per heavy atom. The van der Waals surface area contributed by atoms with Gasteiger partial charge in [0.2, 0.25) is 5.91 Å². The van der Waals surface area contributed by atoms with E-state index >= 15 is 0 Å². The highest BCUT2D eigenvalue weighted by Gasteiger charge is 2.26. The van der Waals surface area contributed by atoms with Crippen LogP contribution in [0, 0.1) is 5.92 Å². The maximum Gasteiger partial charge on any atom is 0.222 e. The number of carbonyl (C=O) groups is 1. The lowest BCUT2D eigenvalue weighted by Gasteiger charge is -2.35. The van der Waals surface area contributed by atoms with Gasteiger partial charge in [-0.05, 0) is 52.1 Å². The van der Waals surface area contributed by atoms with Gasteiger partial charge in [-0.15, -0.1) is 0 Å². The second kappa shape index (κ2) is 5.67. The maximum absolute atomic E-state index is 12.0. The Kier molecular flexibility index (Phi) is 4.78. The van der Waals surface area contributed by atoms with Crippen LogP contribution in [0.2, 0.25) is 0 Å². The zero-order valence-corrected chi connectivity index (χ0v) is 11.2. The fourth-order valence-corrected chi connectivity index (χ4v) is 2.03. The zero-order valence-electron chi connectivity index (χ0n) is 11.2. The molecular formula is C13H26N2O. The number of amides is 1. The van der Waals surface area contributed by atoms with Gasteiger partial charge in [0.1, 0.15) is 0 Å². The summed E-state index contributed by atoms with van der Waals surface area (Å²) in [5, 5.41) is 3.34. The minimum absolute atomic E-state index is 0.00892. The molecule has 1 N–H and O–H groups in total. The second-order valence-corrected chi connectivity index (χ2v) is 5.52. The average molecular weight is 226 g/mol. The van der Waals surface area contributed by atoms with Crippen LogP contribution in [0.5, 0.6) is 0 Å². The third-order valence-corrected chi connectivity index (χ3v) is 4.08. The van der Waals surface area contributed by atoms with E-state index in [-0.39, 0.29) is 5.54 Å². The standard InChI is InChI=1S/C13H26N2O/c1-5-13(2,3)15(4)12(16)7-6-11-8-9-14-10-11/h11,14H,5-10H2,1-4H3. The molecule has 1 unspecified atom stereocenters. The maximum atomic E-state index is 12.0. The van der Waals surface area contributed by atoms with Crippen LogP contribution in [-0.2, 0) is 4.79 Å². The van der Waals surface area contributed by atoms with E-state index in [4.69, 9.17) is 0 Å². The normalized spacial score (nSPS) is 21.1. The summed E-state index contributed by atoms with van der Waals surface area (Å²) in [6.45, 7) is 8.60. The molecule has 94 valence electrons. The molecule has 0 radical (unpaired) electrons. The van der Waals surface area contributed by atoms with Crippen LogP contribution in [0.25, 0.3) is 0 Å². The van der Waals surface area contributed by atoms with E-state index in [9.17, 15) is 4.79 Å². The van der Waals surface area contributed by atoms with Gasteiger partial charge in [0.05, 0.1) is 0 Å². The summed E-state index contributed by atoms with van der Waals surface area (Å²) < 4.78 is 0. The Balaban J connectivity index is 2.33. The Morgan fingerprint density at radius 3 is 2.69 bits per heavy atom. The third kappa shape index (κ3) is 3.48. The number of nitrogens with one attached hydrogen (secondary N) is 1. The number of hydrogen-bond donors (Lipinski definition) is 1. The number of nitrogens with zero attached hydrogens (tertiary/aromatic N) is 1. The largest absolute Gasteiger partial charge is 0.341 e. The first-order valence-electron chi connectivity index (χ1n) is 6.44. The van der Waals surface area contributed by atoms with E-state index in [0.717, 1.165) is 25.9 Å². The number of hydrogen-bond acceptors (Lipinski definition) is 2. The van der Waals surface area contributed by atoms with Crippen LogP contribution < -0.4 is 5.32 Å². The van der Waals surface area contributed by atoms with Crippen LogP contribution in [0.4, 0.5) is 0 Å². The summed E-state index contributed by atoms with van der Waals surface area (Å²) in [6.07, 6.45) is 3.97. The first-order valence-corrected chi connectivity index (χ1v) is 6.44. The summed E-state index contributed by atoms with van der Waals surface area (Å²) in [5.74, 6) is 1.00. The lowest BCUT2D eigenvalue weighted by atomic mass is 9.97. The quantitative estimate of drug-likeness (QED) is 0.778. The van der Waals surface area contributed by atoms with Gasteiger partial charge in [0.15, 0.2) is 0 Å². The highest BCUT2D eigenvalue weighted by Crippen LogP contribution is 2.20. The smallest absolute Gasteiger partial charge is 0.222 e. The van der Waals surface area contributed by atoms with Gasteiger partial charge in [-0.2, -0.15) is 0 Å². The minimum atomic E-state index is -0.00892. The van der Waals surface area contributed by atoms with E-state index in [2.05, 4.69) is 26.1 Å². The Morgan fingerprint density at radius 1 is 1.50 bits per heavy atom. The van der Waals surface area contributed by atoms with Crippen molar-refractivity contribution in [1.82, 2.24) is 10.2 Å². The molecule has 1 aliphatic rings. The van der Waals surface area contributed by atoms with Crippen LogP contribution in [-0.4, -0.2) is 36.5 Å². The molecule has 16 heavy (non-hydrogen) atoms. The molecule has 1 amide bonds. The van der Waals surface area contributed by atoms with Gasteiger partial charge in [0.25, 0.3) is 0 Å². The highest BCUT2D eigenvalue weighted by atomic mass is 16.2. The van der Waals surface area contributed by atoms with Crippen LogP contribution in [0.1, 0.15) is 46.5 Å². The van der Waals surface area contributed by atoms with Crippen molar-refractivity contribution in [2.45, 2.75) is 52.0 Å². The summed E-state index contributed by atoms with van der Waals surface area (Å²) >= 11 is 0. The van der Waals surface area contributed by atoms with Crippen molar-refractivity contribution >= 4 is 5.91 Å². The lowest BCUT2D eigenvalue weighted by Crippen LogP contribution is -2.44. The summed E-state index contributed by atoms with van der Waals surface area (Å²) in [4.78, 5) is 13.9. The molecule has 0 aromatic heterocycles. The van der Waals surface area contributed by atoms with Gasteiger partial charge in [0, 0.05) is 19.0 Å². The highest BCUT2D eigenvalue weighted by molar-refractivity contribution is 5.76. The molecule has 1 rings (SSSR count). The second-order valence-electron chi connectivity index (χ2n) is 5.52. The van der Waals surface area contributed by atoms with Gasteiger partial charge in [-0.1, -0.05) is 6.92 Å². The molecule has 1 aliphatic heterocycles. The minimum Gasteiger partial charge on any atom is -0.341 e. The molecule has 0 aromatic carbocycles. The summed E-state index contributed by atoms with van der Waals surface area (Å²) in [5.41, 5.74) is -0.00892. The first kappa shape index (κ1) is 13.5. The fourth-order valence-electron chi connectivity index (χ4n) is 2.03. The van der Waals surface area contributed by atoms with Crippen molar-refractivity contribution in [3.05, 3.63) is 0 Å². The first-order chi connectivity index (χ1) is 7.47. The van der Waals surface area contributed by atoms with Crippen LogP contribution >= 0.6 is 0 Å². The predicted molar refractivity (Wildman–Crippen MR) is 67.4 cm³/mol. The van der Waals surface area contributed by atoms with Crippen molar-refractivity contribution in [2.24, 2.45) is 5.92 Å². The fraction of sp³-hybridized carbons (Fsp3) is 0.923. The zero-order chi connectivity index (χ0) is 12.2. The van der Waals surface area contributed by atoms with Gasteiger partial charge in [-0.25, -0.2) is 0 Å².